The zero-order valence-electron chi connectivity index (χ0n) is 20.3. The first-order chi connectivity index (χ1) is 16.7. The van der Waals surface area contributed by atoms with Crippen LogP contribution in [0.25, 0.3) is 33.4 Å². The monoisotopic (exact) mass is 468 g/mol. The molecule has 178 valence electrons. The van der Waals surface area contributed by atoms with Gasteiger partial charge in [-0.15, -0.1) is 0 Å². The van der Waals surface area contributed by atoms with Gasteiger partial charge in [0.15, 0.2) is 0 Å². The van der Waals surface area contributed by atoms with Gasteiger partial charge in [-0.2, -0.15) is 0 Å². The number of nitrogens with two attached hydrogens (primary N) is 1. The molecule has 0 radical (unpaired) electrons. The molecule has 4 aromatic rings. The zero-order chi connectivity index (χ0) is 25.3. The van der Waals surface area contributed by atoms with Gasteiger partial charge in [0.2, 0.25) is 5.91 Å². The number of amides is 2. The van der Waals surface area contributed by atoms with Crippen molar-refractivity contribution >= 4 is 34.4 Å². The van der Waals surface area contributed by atoms with Crippen LogP contribution in [0.1, 0.15) is 19.4 Å². The maximum atomic E-state index is 12.0. The van der Waals surface area contributed by atoms with Gasteiger partial charge in [0.1, 0.15) is 17.8 Å². The standard InChI is InChI=1S/C27H28N6O2/c1-16(2)27(35)31-21-12-10-20(11-13-21)24-22(23-25(28)29-15-30-26(23)33(24)5)19-8-6-18(7-9-19)14-32(4)17(3)34/h6-13,15H,1,14H2,2-5H3,(H,31,35)(H2,28,29,30). The first kappa shape index (κ1) is 23.7. The lowest BCUT2D eigenvalue weighted by Gasteiger charge is -2.15. The largest absolute Gasteiger partial charge is 0.383 e. The number of nitrogens with one attached hydrogen (secondary N) is 1. The molecular weight excluding hydrogens is 440 g/mol. The summed E-state index contributed by atoms with van der Waals surface area (Å²) in [5, 5.41) is 3.61. The van der Waals surface area contributed by atoms with Crippen molar-refractivity contribution in [1.82, 2.24) is 19.4 Å². The Bertz CT molecular complexity index is 1440. The van der Waals surface area contributed by atoms with E-state index in [9.17, 15) is 9.59 Å². The highest BCUT2D eigenvalue weighted by Crippen LogP contribution is 2.41. The molecule has 0 aliphatic rings. The normalized spacial score (nSPS) is 10.9. The second-order valence-electron chi connectivity index (χ2n) is 8.62. The van der Waals surface area contributed by atoms with Crippen LogP contribution in [0.15, 0.2) is 67.0 Å². The molecule has 3 N–H and O–H groups in total. The van der Waals surface area contributed by atoms with Gasteiger partial charge >= 0.3 is 0 Å². The summed E-state index contributed by atoms with van der Waals surface area (Å²) >= 11 is 0. The van der Waals surface area contributed by atoms with E-state index in [1.807, 2.05) is 60.1 Å². The molecule has 2 amide bonds. The number of carbonyl (C=O) groups is 2. The zero-order valence-corrected chi connectivity index (χ0v) is 20.3. The molecule has 35 heavy (non-hydrogen) atoms. The lowest BCUT2D eigenvalue weighted by Crippen LogP contribution is -2.22. The average molecular weight is 469 g/mol. The SMILES string of the molecule is C=C(C)C(=O)Nc1ccc(-c2c(-c3ccc(CN(C)C(C)=O)cc3)c3c(N)ncnc3n2C)cc1. The maximum absolute atomic E-state index is 12.0. The fraction of sp³-hybridized carbons (Fsp3) is 0.185. The molecule has 0 unspecified atom stereocenters. The number of aromatic nitrogens is 3. The van der Waals surface area contributed by atoms with E-state index in [2.05, 4.69) is 21.9 Å². The summed E-state index contributed by atoms with van der Waals surface area (Å²) in [6, 6.07) is 15.7. The minimum Gasteiger partial charge on any atom is -0.383 e. The number of rotatable bonds is 6. The van der Waals surface area contributed by atoms with Crippen molar-refractivity contribution in [3.8, 4) is 22.4 Å². The average Bonchev–Trinajstić information content (AvgIpc) is 3.13. The Kier molecular flexibility index (Phi) is 6.38. The highest BCUT2D eigenvalue weighted by atomic mass is 16.2. The molecule has 0 saturated heterocycles. The van der Waals surface area contributed by atoms with Crippen LogP contribution < -0.4 is 11.1 Å². The Morgan fingerprint density at radius 1 is 1.03 bits per heavy atom. The summed E-state index contributed by atoms with van der Waals surface area (Å²) < 4.78 is 2.00. The van der Waals surface area contributed by atoms with E-state index in [4.69, 9.17) is 5.73 Å². The quantitative estimate of drug-likeness (QED) is 0.409. The van der Waals surface area contributed by atoms with E-state index >= 15 is 0 Å². The summed E-state index contributed by atoms with van der Waals surface area (Å²) in [6.07, 6.45) is 1.46. The van der Waals surface area contributed by atoms with Crippen molar-refractivity contribution < 1.29 is 9.59 Å². The van der Waals surface area contributed by atoms with E-state index < -0.39 is 0 Å². The maximum Gasteiger partial charge on any atom is 0.250 e. The Morgan fingerprint density at radius 3 is 2.26 bits per heavy atom. The van der Waals surface area contributed by atoms with E-state index in [1.54, 1.807) is 25.8 Å². The molecule has 0 saturated carbocycles. The molecular formula is C27H28N6O2. The summed E-state index contributed by atoms with van der Waals surface area (Å²) in [6.45, 7) is 7.42. The van der Waals surface area contributed by atoms with E-state index in [-0.39, 0.29) is 11.8 Å². The van der Waals surface area contributed by atoms with Crippen LogP contribution in [-0.4, -0.2) is 38.3 Å². The summed E-state index contributed by atoms with van der Waals surface area (Å²) in [7, 11) is 3.72. The number of anilines is 2. The van der Waals surface area contributed by atoms with Gasteiger partial charge < -0.3 is 20.5 Å². The van der Waals surface area contributed by atoms with Gasteiger partial charge in [-0.25, -0.2) is 9.97 Å². The van der Waals surface area contributed by atoms with Crippen molar-refractivity contribution in [2.45, 2.75) is 20.4 Å². The second kappa shape index (κ2) is 9.42. The minimum atomic E-state index is -0.221. The van der Waals surface area contributed by atoms with E-state index in [1.165, 1.54) is 6.33 Å². The number of nitrogens with zero attached hydrogens (tertiary/aromatic N) is 4. The molecule has 0 bridgehead atoms. The molecule has 0 atom stereocenters. The number of benzene rings is 2. The van der Waals surface area contributed by atoms with Gasteiger partial charge in [0.05, 0.1) is 11.1 Å². The number of fused-ring (bicyclic) bond motifs is 1. The van der Waals surface area contributed by atoms with Gasteiger partial charge in [-0.3, -0.25) is 9.59 Å². The molecule has 8 nitrogen and oxygen atoms in total. The van der Waals surface area contributed by atoms with Crippen molar-refractivity contribution in [1.29, 1.82) is 0 Å². The van der Waals surface area contributed by atoms with Crippen LogP contribution in [0, 0.1) is 0 Å². The van der Waals surface area contributed by atoms with Crippen LogP contribution in [-0.2, 0) is 23.2 Å². The van der Waals surface area contributed by atoms with Crippen LogP contribution in [0.2, 0.25) is 0 Å². The Labute approximate surface area is 204 Å². The van der Waals surface area contributed by atoms with Crippen molar-refractivity contribution in [2.75, 3.05) is 18.1 Å². The van der Waals surface area contributed by atoms with Gasteiger partial charge in [-0.05, 0) is 35.7 Å². The number of carbonyl (C=O) groups excluding carboxylic acids is 2. The van der Waals surface area contributed by atoms with Gasteiger partial charge in [0.25, 0.3) is 5.91 Å². The third kappa shape index (κ3) is 4.63. The fourth-order valence-electron chi connectivity index (χ4n) is 4.01. The Balaban J connectivity index is 1.82. The molecule has 0 aliphatic carbocycles. The molecule has 2 aromatic carbocycles. The third-order valence-electron chi connectivity index (χ3n) is 6.00. The summed E-state index contributed by atoms with van der Waals surface area (Å²) in [5.74, 6) is 0.192. The minimum absolute atomic E-state index is 0.0122. The lowest BCUT2D eigenvalue weighted by atomic mass is 9.97. The van der Waals surface area contributed by atoms with Gasteiger partial charge in [0, 0.05) is 44.4 Å². The summed E-state index contributed by atoms with van der Waals surface area (Å²) in [4.78, 5) is 34.0. The van der Waals surface area contributed by atoms with Crippen LogP contribution >= 0.6 is 0 Å². The number of hydrogen-bond donors (Lipinski definition) is 2. The molecule has 0 fully saturated rings. The van der Waals surface area contributed by atoms with Crippen LogP contribution in [0.3, 0.4) is 0 Å². The highest BCUT2D eigenvalue weighted by Gasteiger charge is 2.22. The first-order valence-corrected chi connectivity index (χ1v) is 11.1. The smallest absolute Gasteiger partial charge is 0.250 e. The van der Waals surface area contributed by atoms with E-state index in [0.717, 1.165) is 39.0 Å². The van der Waals surface area contributed by atoms with Crippen molar-refractivity contribution in [2.24, 2.45) is 7.05 Å². The fourth-order valence-corrected chi connectivity index (χ4v) is 4.01. The first-order valence-electron chi connectivity index (χ1n) is 11.1. The summed E-state index contributed by atoms with van der Waals surface area (Å²) in [5.41, 5.74) is 12.9. The Hall–Kier alpha value is -4.46. The third-order valence-corrected chi connectivity index (χ3v) is 6.00. The number of aryl methyl sites for hydroxylation is 1. The van der Waals surface area contributed by atoms with E-state index in [0.29, 0.717) is 23.6 Å². The van der Waals surface area contributed by atoms with Gasteiger partial charge in [-0.1, -0.05) is 43.0 Å². The predicted molar refractivity (Wildman–Crippen MR) is 139 cm³/mol. The number of nitrogen functional groups attached to an aromatic ring is 1. The lowest BCUT2D eigenvalue weighted by molar-refractivity contribution is -0.128. The van der Waals surface area contributed by atoms with Crippen molar-refractivity contribution in [3.05, 3.63) is 72.6 Å². The molecule has 2 heterocycles. The van der Waals surface area contributed by atoms with Crippen LogP contribution in [0.4, 0.5) is 11.5 Å². The molecule has 4 rings (SSSR count). The topological polar surface area (TPSA) is 106 Å². The second-order valence-corrected chi connectivity index (χ2v) is 8.62. The highest BCUT2D eigenvalue weighted by molar-refractivity contribution is 6.08. The van der Waals surface area contributed by atoms with Crippen molar-refractivity contribution in [3.63, 3.8) is 0 Å². The van der Waals surface area contributed by atoms with Crippen LogP contribution in [0.5, 0.6) is 0 Å². The number of hydrogen-bond acceptors (Lipinski definition) is 5. The Morgan fingerprint density at radius 2 is 1.66 bits per heavy atom. The molecule has 2 aromatic heterocycles. The molecule has 0 aliphatic heterocycles. The molecule has 0 spiro atoms. The molecule has 8 heteroatoms. The predicted octanol–water partition coefficient (Wildman–Crippen LogP) is 4.38.